The zero-order valence-corrected chi connectivity index (χ0v) is 15.1. The molecule has 2 aromatic rings. The first kappa shape index (κ1) is 18.1. The average molecular weight is 347 g/mol. The number of hydrogen-bond donors (Lipinski definition) is 1. The van der Waals surface area contributed by atoms with E-state index < -0.39 is 0 Å². The third kappa shape index (κ3) is 4.90. The number of ether oxygens (including phenoxy) is 1. The largest absolute Gasteiger partial charge is 0.484 e. The van der Waals surface area contributed by atoms with Gasteiger partial charge in [-0.2, -0.15) is 0 Å². The molecule has 0 atom stereocenters. The number of rotatable bonds is 7. The van der Waals surface area contributed by atoms with E-state index in [9.17, 15) is 4.79 Å². The Morgan fingerprint density at radius 2 is 1.79 bits per heavy atom. The molecule has 0 saturated carbocycles. The first-order valence-corrected chi connectivity index (χ1v) is 8.45. The summed E-state index contributed by atoms with van der Waals surface area (Å²) in [5.41, 5.74) is 2.99. The van der Waals surface area contributed by atoms with E-state index >= 15 is 0 Å². The molecule has 5 heteroatoms. The fourth-order valence-electron chi connectivity index (χ4n) is 2.44. The summed E-state index contributed by atoms with van der Waals surface area (Å²) in [6, 6.07) is 13.0. The zero-order chi connectivity index (χ0) is 17.5. The summed E-state index contributed by atoms with van der Waals surface area (Å²) in [4.78, 5) is 14.3. The van der Waals surface area contributed by atoms with Gasteiger partial charge in [-0.05, 0) is 68.8 Å². The fourth-order valence-corrected chi connectivity index (χ4v) is 2.57. The molecule has 0 aliphatic heterocycles. The second-order valence-electron chi connectivity index (χ2n) is 5.46. The maximum atomic E-state index is 12.1. The van der Waals surface area contributed by atoms with Crippen molar-refractivity contribution in [2.75, 3.05) is 29.9 Å². The molecule has 0 spiro atoms. The Balaban J connectivity index is 1.95. The second-order valence-corrected chi connectivity index (χ2v) is 5.90. The highest BCUT2D eigenvalue weighted by Gasteiger charge is 2.08. The van der Waals surface area contributed by atoms with Crippen molar-refractivity contribution in [2.45, 2.75) is 20.8 Å². The molecule has 0 aliphatic carbocycles. The molecule has 0 heterocycles. The number of aryl methyl sites for hydroxylation is 1. The lowest BCUT2D eigenvalue weighted by atomic mass is 10.1. The first-order chi connectivity index (χ1) is 11.5. The molecule has 0 aromatic heterocycles. The highest BCUT2D eigenvalue weighted by molar-refractivity contribution is 6.30. The van der Waals surface area contributed by atoms with Crippen LogP contribution in [0, 0.1) is 6.92 Å². The van der Waals surface area contributed by atoms with Crippen molar-refractivity contribution in [2.24, 2.45) is 0 Å². The predicted molar refractivity (Wildman–Crippen MR) is 100 cm³/mol. The number of anilines is 2. The topological polar surface area (TPSA) is 41.6 Å². The molecule has 1 N–H and O–H groups in total. The third-order valence-corrected chi connectivity index (χ3v) is 4.05. The van der Waals surface area contributed by atoms with Gasteiger partial charge in [0.05, 0.1) is 0 Å². The van der Waals surface area contributed by atoms with Gasteiger partial charge in [0.25, 0.3) is 5.91 Å². The van der Waals surface area contributed by atoms with Gasteiger partial charge >= 0.3 is 0 Å². The van der Waals surface area contributed by atoms with Crippen LogP contribution in [0.25, 0.3) is 0 Å². The molecule has 128 valence electrons. The maximum Gasteiger partial charge on any atom is 0.262 e. The number of nitrogens with one attached hydrogen (secondary N) is 1. The van der Waals surface area contributed by atoms with Gasteiger partial charge in [-0.1, -0.05) is 11.6 Å². The van der Waals surface area contributed by atoms with Crippen LogP contribution in [-0.4, -0.2) is 25.6 Å². The first-order valence-electron chi connectivity index (χ1n) is 8.07. The van der Waals surface area contributed by atoms with Crippen molar-refractivity contribution < 1.29 is 9.53 Å². The summed E-state index contributed by atoms with van der Waals surface area (Å²) in [7, 11) is 0. The molecule has 0 unspecified atom stereocenters. The highest BCUT2D eigenvalue weighted by Crippen LogP contribution is 2.22. The number of nitrogens with zero attached hydrogens (tertiary/aromatic N) is 1. The second kappa shape index (κ2) is 8.60. The van der Waals surface area contributed by atoms with Crippen molar-refractivity contribution in [1.82, 2.24) is 0 Å². The van der Waals surface area contributed by atoms with Crippen LogP contribution >= 0.6 is 11.6 Å². The van der Waals surface area contributed by atoms with E-state index in [2.05, 4.69) is 30.1 Å². The quantitative estimate of drug-likeness (QED) is 0.801. The van der Waals surface area contributed by atoms with Gasteiger partial charge in [0.15, 0.2) is 6.61 Å². The molecule has 0 radical (unpaired) electrons. The van der Waals surface area contributed by atoms with E-state index in [4.69, 9.17) is 16.3 Å². The molecular formula is C19H23ClN2O2. The van der Waals surface area contributed by atoms with Crippen LogP contribution in [-0.2, 0) is 4.79 Å². The number of hydrogen-bond acceptors (Lipinski definition) is 3. The van der Waals surface area contributed by atoms with Crippen LogP contribution in [0.2, 0.25) is 5.02 Å². The van der Waals surface area contributed by atoms with E-state index in [1.165, 1.54) is 0 Å². The minimum Gasteiger partial charge on any atom is -0.484 e. The molecule has 0 saturated heterocycles. The Kier molecular flexibility index (Phi) is 6.50. The van der Waals surface area contributed by atoms with E-state index in [1.807, 2.05) is 19.1 Å². The summed E-state index contributed by atoms with van der Waals surface area (Å²) in [6.45, 7) is 8.11. The molecular weight excluding hydrogens is 324 g/mol. The Morgan fingerprint density at radius 1 is 1.12 bits per heavy atom. The van der Waals surface area contributed by atoms with Crippen LogP contribution in [0.1, 0.15) is 19.4 Å². The van der Waals surface area contributed by atoms with Crippen LogP contribution in [0.15, 0.2) is 42.5 Å². The van der Waals surface area contributed by atoms with Crippen molar-refractivity contribution in [3.8, 4) is 5.75 Å². The van der Waals surface area contributed by atoms with E-state index in [0.717, 1.165) is 30.0 Å². The van der Waals surface area contributed by atoms with Gasteiger partial charge < -0.3 is 15.0 Å². The van der Waals surface area contributed by atoms with Gasteiger partial charge in [-0.15, -0.1) is 0 Å². The normalized spacial score (nSPS) is 10.3. The van der Waals surface area contributed by atoms with Gasteiger partial charge in [0, 0.05) is 29.5 Å². The van der Waals surface area contributed by atoms with Gasteiger partial charge in [-0.25, -0.2) is 0 Å². The number of carbonyl (C=O) groups excluding carboxylic acids is 1. The molecule has 0 fully saturated rings. The minimum atomic E-state index is -0.191. The summed E-state index contributed by atoms with van der Waals surface area (Å²) in [5, 5.41) is 3.52. The monoisotopic (exact) mass is 346 g/mol. The van der Waals surface area contributed by atoms with Crippen LogP contribution in [0.5, 0.6) is 5.75 Å². The third-order valence-electron chi connectivity index (χ3n) is 3.80. The van der Waals surface area contributed by atoms with Crippen LogP contribution in [0.4, 0.5) is 11.4 Å². The molecule has 0 bridgehead atoms. The Hall–Kier alpha value is -2.20. The lowest BCUT2D eigenvalue weighted by Crippen LogP contribution is -2.23. The predicted octanol–water partition coefficient (Wildman–Crippen LogP) is 4.51. The fraction of sp³-hybridized carbons (Fsp3) is 0.316. The zero-order valence-electron chi connectivity index (χ0n) is 14.3. The highest BCUT2D eigenvalue weighted by atomic mass is 35.5. The summed E-state index contributed by atoms with van der Waals surface area (Å²) in [6.07, 6.45) is 0. The summed E-state index contributed by atoms with van der Waals surface area (Å²) < 4.78 is 5.45. The molecule has 2 rings (SSSR count). The van der Waals surface area contributed by atoms with Crippen LogP contribution in [0.3, 0.4) is 0 Å². The summed E-state index contributed by atoms with van der Waals surface area (Å²) >= 11 is 5.82. The molecule has 1 amide bonds. The van der Waals surface area contributed by atoms with E-state index in [1.54, 1.807) is 24.3 Å². The number of benzene rings is 2. The lowest BCUT2D eigenvalue weighted by molar-refractivity contribution is -0.118. The van der Waals surface area contributed by atoms with Gasteiger partial charge in [0.2, 0.25) is 0 Å². The summed E-state index contributed by atoms with van der Waals surface area (Å²) in [5.74, 6) is 0.423. The van der Waals surface area contributed by atoms with Crippen molar-refractivity contribution in [3.63, 3.8) is 0 Å². The van der Waals surface area contributed by atoms with Gasteiger partial charge in [-0.3, -0.25) is 4.79 Å². The van der Waals surface area contributed by atoms with Crippen molar-refractivity contribution in [1.29, 1.82) is 0 Å². The van der Waals surface area contributed by atoms with Gasteiger partial charge in [0.1, 0.15) is 5.75 Å². The SMILES string of the molecule is CCN(CC)c1ccc(NC(=O)COc2ccc(Cl)cc2)c(C)c1. The minimum absolute atomic E-state index is 0.0428. The van der Waals surface area contributed by atoms with Crippen molar-refractivity contribution >= 4 is 28.9 Å². The smallest absolute Gasteiger partial charge is 0.262 e. The molecule has 4 nitrogen and oxygen atoms in total. The standard InChI is InChI=1S/C19H23ClN2O2/c1-4-22(5-2)16-8-11-18(14(3)12-16)21-19(23)13-24-17-9-6-15(20)7-10-17/h6-12H,4-5,13H2,1-3H3,(H,21,23). The Labute approximate surface area is 148 Å². The Bertz CT molecular complexity index is 682. The Morgan fingerprint density at radius 3 is 2.38 bits per heavy atom. The maximum absolute atomic E-state index is 12.1. The molecule has 0 aliphatic rings. The number of halogens is 1. The van der Waals surface area contributed by atoms with E-state index in [-0.39, 0.29) is 12.5 Å². The number of amides is 1. The average Bonchev–Trinajstić information content (AvgIpc) is 2.58. The molecule has 24 heavy (non-hydrogen) atoms. The van der Waals surface area contributed by atoms with Crippen molar-refractivity contribution in [3.05, 3.63) is 53.1 Å². The van der Waals surface area contributed by atoms with E-state index in [0.29, 0.717) is 10.8 Å². The number of carbonyl (C=O) groups is 1. The lowest BCUT2D eigenvalue weighted by Gasteiger charge is -2.22. The molecule has 2 aromatic carbocycles. The van der Waals surface area contributed by atoms with Crippen LogP contribution < -0.4 is 15.0 Å².